The van der Waals surface area contributed by atoms with Gasteiger partial charge in [0, 0.05) is 6.20 Å². The summed E-state index contributed by atoms with van der Waals surface area (Å²) < 4.78 is 10.2. The van der Waals surface area contributed by atoms with E-state index in [1.165, 1.54) is 19.5 Å². The first-order valence-electron chi connectivity index (χ1n) is 5.61. The van der Waals surface area contributed by atoms with Crippen LogP contribution in [0.4, 0.5) is 0 Å². The number of carbonyl (C=O) groups is 1. The summed E-state index contributed by atoms with van der Waals surface area (Å²) >= 11 is 6.08. The van der Waals surface area contributed by atoms with Gasteiger partial charge < -0.3 is 9.47 Å². The molecule has 19 heavy (non-hydrogen) atoms. The van der Waals surface area contributed by atoms with Crippen molar-refractivity contribution in [2.45, 2.75) is 6.61 Å². The predicted octanol–water partition coefficient (Wildman–Crippen LogP) is 3.10. The van der Waals surface area contributed by atoms with Crippen molar-refractivity contribution < 1.29 is 14.3 Å². The number of halogens is 1. The number of rotatable bonds is 4. The summed E-state index contributed by atoms with van der Waals surface area (Å²) in [5, 5.41) is 0.206. The lowest BCUT2D eigenvalue weighted by molar-refractivity contribution is 0.0600. The fourth-order valence-corrected chi connectivity index (χ4v) is 1.74. The van der Waals surface area contributed by atoms with Gasteiger partial charge in [-0.25, -0.2) is 4.79 Å². The van der Waals surface area contributed by atoms with Gasteiger partial charge in [-0.2, -0.15) is 0 Å². The summed E-state index contributed by atoms with van der Waals surface area (Å²) in [4.78, 5) is 15.4. The van der Waals surface area contributed by atoms with Crippen molar-refractivity contribution in [1.29, 1.82) is 0 Å². The minimum absolute atomic E-state index is 0.190. The van der Waals surface area contributed by atoms with E-state index >= 15 is 0 Å². The number of hydrogen-bond acceptors (Lipinski definition) is 4. The molecule has 0 aliphatic rings. The number of carbonyl (C=O) groups excluding carboxylic acids is 1. The van der Waals surface area contributed by atoms with Gasteiger partial charge in [-0.05, 0) is 5.56 Å². The third-order valence-corrected chi connectivity index (χ3v) is 2.88. The third-order valence-electron chi connectivity index (χ3n) is 2.49. The molecule has 98 valence electrons. The molecule has 0 N–H and O–H groups in total. The highest BCUT2D eigenvalue weighted by Crippen LogP contribution is 2.28. The zero-order chi connectivity index (χ0) is 13.7. The van der Waals surface area contributed by atoms with Gasteiger partial charge in [0.25, 0.3) is 0 Å². The molecule has 0 spiro atoms. The van der Waals surface area contributed by atoms with Crippen molar-refractivity contribution in [2.24, 2.45) is 0 Å². The summed E-state index contributed by atoms with van der Waals surface area (Å²) in [6.45, 7) is 0.354. The van der Waals surface area contributed by atoms with E-state index < -0.39 is 5.97 Å². The molecule has 0 saturated carbocycles. The number of ether oxygens (including phenoxy) is 2. The van der Waals surface area contributed by atoms with Gasteiger partial charge in [0.1, 0.15) is 17.2 Å². The van der Waals surface area contributed by atoms with Gasteiger partial charge in [0.2, 0.25) is 0 Å². The molecular formula is C14H12ClNO3. The van der Waals surface area contributed by atoms with Crippen molar-refractivity contribution in [1.82, 2.24) is 4.98 Å². The standard InChI is InChI=1S/C14H12ClNO3/c1-18-14(17)11-7-16-8-12(13(11)15)19-9-10-5-3-2-4-6-10/h2-8H,9H2,1H3. The number of esters is 1. The smallest absolute Gasteiger partial charge is 0.341 e. The second-order valence-corrected chi connectivity index (χ2v) is 4.14. The van der Waals surface area contributed by atoms with E-state index in [9.17, 15) is 4.79 Å². The maximum atomic E-state index is 11.5. The molecule has 2 rings (SSSR count). The number of hydrogen-bond donors (Lipinski definition) is 0. The highest BCUT2D eigenvalue weighted by atomic mass is 35.5. The van der Waals surface area contributed by atoms with E-state index in [0.29, 0.717) is 12.4 Å². The lowest BCUT2D eigenvalue weighted by atomic mass is 10.2. The average molecular weight is 278 g/mol. The molecule has 0 amide bonds. The molecule has 0 radical (unpaired) electrons. The van der Waals surface area contributed by atoms with Crippen LogP contribution in [0.3, 0.4) is 0 Å². The Kier molecular flexibility index (Phi) is 4.36. The average Bonchev–Trinajstić information content (AvgIpc) is 2.46. The first-order valence-corrected chi connectivity index (χ1v) is 5.98. The number of methoxy groups -OCH3 is 1. The molecule has 0 unspecified atom stereocenters. The summed E-state index contributed by atoms with van der Waals surface area (Å²) in [5.74, 6) is -0.184. The van der Waals surface area contributed by atoms with Crippen LogP contribution >= 0.6 is 11.6 Å². The summed E-state index contributed by atoms with van der Waals surface area (Å²) in [6, 6.07) is 9.64. The second-order valence-electron chi connectivity index (χ2n) is 3.77. The number of aromatic nitrogens is 1. The lowest BCUT2D eigenvalue weighted by Gasteiger charge is -2.09. The summed E-state index contributed by atoms with van der Waals surface area (Å²) in [7, 11) is 1.29. The zero-order valence-corrected chi connectivity index (χ0v) is 11.1. The topological polar surface area (TPSA) is 48.4 Å². The van der Waals surface area contributed by atoms with Gasteiger partial charge in [-0.3, -0.25) is 4.98 Å². The monoisotopic (exact) mass is 277 g/mol. The fraction of sp³-hybridized carbons (Fsp3) is 0.143. The molecule has 0 aliphatic carbocycles. The Balaban J connectivity index is 2.15. The van der Waals surface area contributed by atoms with Crippen LogP contribution in [-0.4, -0.2) is 18.1 Å². The van der Waals surface area contributed by atoms with Crippen LogP contribution < -0.4 is 4.74 Å². The van der Waals surface area contributed by atoms with Crippen LogP contribution in [0.5, 0.6) is 5.75 Å². The Hall–Kier alpha value is -2.07. The Morgan fingerprint density at radius 2 is 2.00 bits per heavy atom. The van der Waals surface area contributed by atoms with E-state index in [-0.39, 0.29) is 10.6 Å². The minimum atomic E-state index is -0.539. The van der Waals surface area contributed by atoms with E-state index in [4.69, 9.17) is 16.3 Å². The van der Waals surface area contributed by atoms with Crippen LogP contribution in [0.25, 0.3) is 0 Å². The summed E-state index contributed by atoms with van der Waals surface area (Å²) in [6.07, 6.45) is 2.82. The van der Waals surface area contributed by atoms with Gasteiger partial charge in [0.15, 0.2) is 5.75 Å². The molecule has 0 aliphatic heterocycles. The van der Waals surface area contributed by atoms with Crippen LogP contribution in [0.2, 0.25) is 5.02 Å². The Morgan fingerprint density at radius 1 is 1.26 bits per heavy atom. The third kappa shape index (κ3) is 3.23. The normalized spacial score (nSPS) is 10.0. The van der Waals surface area contributed by atoms with E-state index in [1.54, 1.807) is 0 Å². The molecule has 1 aromatic heterocycles. The number of nitrogens with zero attached hydrogens (tertiary/aromatic N) is 1. The van der Waals surface area contributed by atoms with E-state index in [2.05, 4.69) is 9.72 Å². The van der Waals surface area contributed by atoms with E-state index in [0.717, 1.165) is 5.56 Å². The van der Waals surface area contributed by atoms with E-state index in [1.807, 2.05) is 30.3 Å². The van der Waals surface area contributed by atoms with Crippen molar-refractivity contribution in [3.63, 3.8) is 0 Å². The highest BCUT2D eigenvalue weighted by molar-refractivity contribution is 6.34. The van der Waals surface area contributed by atoms with Gasteiger partial charge in [-0.1, -0.05) is 41.9 Å². The zero-order valence-electron chi connectivity index (χ0n) is 10.3. The largest absolute Gasteiger partial charge is 0.486 e. The Labute approximate surface area is 115 Å². The first-order chi connectivity index (χ1) is 9.22. The quantitative estimate of drug-likeness (QED) is 0.806. The molecular weight excluding hydrogens is 266 g/mol. The van der Waals surface area contributed by atoms with Crippen molar-refractivity contribution >= 4 is 17.6 Å². The predicted molar refractivity (Wildman–Crippen MR) is 71.4 cm³/mol. The molecule has 1 aromatic carbocycles. The molecule has 4 nitrogen and oxygen atoms in total. The molecule has 0 bridgehead atoms. The Bertz CT molecular complexity index is 572. The van der Waals surface area contributed by atoms with Crippen LogP contribution in [0.15, 0.2) is 42.7 Å². The highest BCUT2D eigenvalue weighted by Gasteiger charge is 2.15. The van der Waals surface area contributed by atoms with Crippen LogP contribution in [0.1, 0.15) is 15.9 Å². The van der Waals surface area contributed by atoms with Gasteiger partial charge in [-0.15, -0.1) is 0 Å². The maximum Gasteiger partial charge on any atom is 0.341 e. The molecule has 0 fully saturated rings. The molecule has 0 atom stereocenters. The molecule has 0 saturated heterocycles. The van der Waals surface area contributed by atoms with Crippen LogP contribution in [0, 0.1) is 0 Å². The fourth-order valence-electron chi connectivity index (χ4n) is 1.51. The van der Waals surface area contributed by atoms with Crippen molar-refractivity contribution in [3.8, 4) is 5.75 Å². The summed E-state index contributed by atoms with van der Waals surface area (Å²) in [5.41, 5.74) is 1.19. The second kappa shape index (κ2) is 6.20. The minimum Gasteiger partial charge on any atom is -0.486 e. The lowest BCUT2D eigenvalue weighted by Crippen LogP contribution is -2.05. The van der Waals surface area contributed by atoms with Crippen LogP contribution in [-0.2, 0) is 11.3 Å². The molecule has 5 heteroatoms. The first kappa shape index (κ1) is 13.4. The van der Waals surface area contributed by atoms with Crippen molar-refractivity contribution in [3.05, 3.63) is 58.9 Å². The number of pyridine rings is 1. The number of benzene rings is 1. The van der Waals surface area contributed by atoms with Gasteiger partial charge >= 0.3 is 5.97 Å². The molecule has 2 aromatic rings. The SMILES string of the molecule is COC(=O)c1cncc(OCc2ccccc2)c1Cl. The Morgan fingerprint density at radius 3 is 2.68 bits per heavy atom. The maximum absolute atomic E-state index is 11.5. The molecule has 1 heterocycles. The van der Waals surface area contributed by atoms with Crippen molar-refractivity contribution in [2.75, 3.05) is 7.11 Å². The van der Waals surface area contributed by atoms with Gasteiger partial charge in [0.05, 0.1) is 13.3 Å².